The minimum absolute atomic E-state index is 0.131. The molecule has 1 fully saturated rings. The van der Waals surface area contributed by atoms with Gasteiger partial charge in [0.15, 0.2) is 5.82 Å². The van der Waals surface area contributed by atoms with Crippen molar-refractivity contribution in [3.05, 3.63) is 47.3 Å². The van der Waals surface area contributed by atoms with Gasteiger partial charge in [0.2, 0.25) is 0 Å². The average Bonchev–Trinajstić information content (AvgIpc) is 3.00. The van der Waals surface area contributed by atoms with Crippen LogP contribution in [0.5, 0.6) is 0 Å². The first kappa shape index (κ1) is 23.1. The summed E-state index contributed by atoms with van der Waals surface area (Å²) in [5.74, 6) is -0.193. The van der Waals surface area contributed by atoms with Gasteiger partial charge in [0.05, 0.1) is 11.5 Å². The lowest BCUT2D eigenvalue weighted by Crippen LogP contribution is -2.55. The van der Waals surface area contributed by atoms with Gasteiger partial charge in [0.25, 0.3) is 5.91 Å². The molecule has 1 amide bonds. The van der Waals surface area contributed by atoms with Gasteiger partial charge in [-0.25, -0.2) is 9.37 Å². The number of amides is 1. The molecule has 2 unspecified atom stereocenters. The number of H-pyrrole nitrogens is 1. The molecule has 0 aromatic carbocycles. The van der Waals surface area contributed by atoms with Gasteiger partial charge in [-0.05, 0) is 72.0 Å². The highest BCUT2D eigenvalue weighted by Gasteiger charge is 2.40. The van der Waals surface area contributed by atoms with Crippen LogP contribution < -0.4 is 5.32 Å². The van der Waals surface area contributed by atoms with Crippen molar-refractivity contribution in [1.29, 1.82) is 0 Å². The van der Waals surface area contributed by atoms with Crippen LogP contribution in [0.3, 0.4) is 0 Å². The van der Waals surface area contributed by atoms with Crippen molar-refractivity contribution >= 4 is 12.0 Å². The topological polar surface area (TPSA) is 61.0 Å². The van der Waals surface area contributed by atoms with Crippen molar-refractivity contribution in [3.8, 4) is 0 Å². The Balaban J connectivity index is 2.15. The first-order valence-corrected chi connectivity index (χ1v) is 10.5. The van der Waals surface area contributed by atoms with Gasteiger partial charge in [0, 0.05) is 30.4 Å². The fraction of sp³-hybridized carbons (Fsp3) is 0.565. The van der Waals surface area contributed by atoms with Gasteiger partial charge in [-0.2, -0.15) is 0 Å². The molecular formula is C23H35FN4O. The molecule has 1 aromatic heterocycles. The first-order chi connectivity index (χ1) is 13.7. The average molecular weight is 403 g/mol. The molecule has 2 atom stereocenters. The number of nitrogens with one attached hydrogen (secondary N) is 2. The van der Waals surface area contributed by atoms with Crippen LogP contribution in [0.1, 0.15) is 75.4 Å². The van der Waals surface area contributed by atoms with E-state index in [1.54, 1.807) is 6.92 Å². The molecule has 0 bridgehead atoms. The van der Waals surface area contributed by atoms with E-state index in [4.69, 9.17) is 0 Å². The predicted molar refractivity (Wildman–Crippen MR) is 117 cm³/mol. The van der Waals surface area contributed by atoms with E-state index in [1.807, 2.05) is 30.9 Å². The predicted octanol–water partition coefficient (Wildman–Crippen LogP) is 4.93. The van der Waals surface area contributed by atoms with Crippen molar-refractivity contribution in [2.24, 2.45) is 0 Å². The largest absolute Gasteiger partial charge is 0.337 e. The molecule has 1 aliphatic rings. The van der Waals surface area contributed by atoms with Crippen LogP contribution >= 0.6 is 0 Å². The number of halogens is 1. The van der Waals surface area contributed by atoms with E-state index in [-0.39, 0.29) is 23.1 Å². The zero-order valence-corrected chi connectivity index (χ0v) is 18.4. The molecule has 1 heterocycles. The molecule has 1 aromatic rings. The number of carbonyl (C=O) groups excluding carboxylic acids is 1. The minimum Gasteiger partial charge on any atom is -0.337 e. The highest BCUT2D eigenvalue weighted by Crippen LogP contribution is 2.34. The number of aryl methyl sites for hydroxylation is 1. The second kappa shape index (κ2) is 10.0. The number of imidazole rings is 1. The van der Waals surface area contributed by atoms with Gasteiger partial charge < -0.3 is 15.2 Å². The molecular weight excluding hydrogens is 367 g/mol. The van der Waals surface area contributed by atoms with Gasteiger partial charge >= 0.3 is 0 Å². The molecule has 6 heteroatoms. The van der Waals surface area contributed by atoms with E-state index in [2.05, 4.69) is 28.8 Å². The summed E-state index contributed by atoms with van der Waals surface area (Å²) >= 11 is 0. The highest BCUT2D eigenvalue weighted by molar-refractivity contribution is 5.91. The van der Waals surface area contributed by atoms with E-state index in [1.165, 1.54) is 13.0 Å². The Bertz CT molecular complexity index is 791. The van der Waals surface area contributed by atoms with Crippen molar-refractivity contribution in [2.45, 2.75) is 71.9 Å². The molecule has 1 aliphatic carbocycles. The van der Waals surface area contributed by atoms with Crippen LogP contribution in [0.2, 0.25) is 0 Å². The van der Waals surface area contributed by atoms with Crippen LogP contribution in [0.25, 0.3) is 6.08 Å². The Morgan fingerprint density at radius 2 is 2.24 bits per heavy atom. The number of rotatable bonds is 8. The number of allylic oxidation sites excluding steroid dienone is 2. The second-order valence-electron chi connectivity index (χ2n) is 8.21. The summed E-state index contributed by atoms with van der Waals surface area (Å²) in [6.45, 7) is 14.7. The SMILES string of the molecule is C=C(/C=C\C)CNC1CCCC(C)(N(CC)C(=O)c2nc(/C=C(\C)F)c(C)[nH]2)C1. The fourth-order valence-electron chi connectivity index (χ4n) is 4.26. The van der Waals surface area contributed by atoms with E-state index in [0.717, 1.165) is 37.8 Å². The van der Waals surface area contributed by atoms with Crippen molar-refractivity contribution in [1.82, 2.24) is 20.2 Å². The van der Waals surface area contributed by atoms with E-state index < -0.39 is 0 Å². The fourth-order valence-corrected chi connectivity index (χ4v) is 4.26. The second-order valence-corrected chi connectivity index (χ2v) is 8.21. The number of aromatic amines is 1. The Hall–Kier alpha value is -2.21. The van der Waals surface area contributed by atoms with E-state index in [9.17, 15) is 9.18 Å². The van der Waals surface area contributed by atoms with Crippen LogP contribution in [-0.2, 0) is 0 Å². The number of nitrogens with zero attached hydrogens (tertiary/aromatic N) is 2. The summed E-state index contributed by atoms with van der Waals surface area (Å²) in [5.41, 5.74) is 1.96. The lowest BCUT2D eigenvalue weighted by atomic mass is 9.78. The summed E-state index contributed by atoms with van der Waals surface area (Å²) in [4.78, 5) is 22.6. The zero-order valence-electron chi connectivity index (χ0n) is 18.4. The molecule has 160 valence electrons. The molecule has 2 N–H and O–H groups in total. The monoisotopic (exact) mass is 402 g/mol. The van der Waals surface area contributed by atoms with E-state index in [0.29, 0.717) is 24.0 Å². The van der Waals surface area contributed by atoms with Crippen LogP contribution in [0.4, 0.5) is 4.39 Å². The van der Waals surface area contributed by atoms with Crippen molar-refractivity contribution in [2.75, 3.05) is 13.1 Å². The Morgan fingerprint density at radius 3 is 2.86 bits per heavy atom. The summed E-state index contributed by atoms with van der Waals surface area (Å²) < 4.78 is 13.3. The summed E-state index contributed by atoms with van der Waals surface area (Å²) in [6, 6.07) is 0.337. The minimum atomic E-state index is -0.335. The van der Waals surface area contributed by atoms with E-state index >= 15 is 0 Å². The van der Waals surface area contributed by atoms with Crippen molar-refractivity contribution in [3.63, 3.8) is 0 Å². The van der Waals surface area contributed by atoms with Gasteiger partial charge in [-0.1, -0.05) is 18.7 Å². The summed E-state index contributed by atoms with van der Waals surface area (Å²) in [7, 11) is 0. The maximum atomic E-state index is 13.3. The van der Waals surface area contributed by atoms with Crippen LogP contribution in [0, 0.1) is 6.92 Å². The zero-order chi connectivity index (χ0) is 21.6. The van der Waals surface area contributed by atoms with Gasteiger partial charge in [-0.3, -0.25) is 4.79 Å². The molecule has 0 saturated heterocycles. The maximum absolute atomic E-state index is 13.3. The molecule has 5 nitrogen and oxygen atoms in total. The number of hydrogen-bond donors (Lipinski definition) is 2. The lowest BCUT2D eigenvalue weighted by molar-refractivity contribution is 0.0362. The Morgan fingerprint density at radius 1 is 1.52 bits per heavy atom. The quantitative estimate of drug-likeness (QED) is 0.606. The molecule has 29 heavy (non-hydrogen) atoms. The highest BCUT2D eigenvalue weighted by atomic mass is 19.1. The van der Waals surface area contributed by atoms with Crippen LogP contribution in [-0.4, -0.2) is 45.4 Å². The lowest BCUT2D eigenvalue weighted by Gasteiger charge is -2.46. The number of aromatic nitrogens is 2. The molecule has 1 saturated carbocycles. The third kappa shape index (κ3) is 5.89. The van der Waals surface area contributed by atoms with Crippen molar-refractivity contribution < 1.29 is 9.18 Å². The summed E-state index contributed by atoms with van der Waals surface area (Å²) in [6.07, 6.45) is 9.34. The third-order valence-corrected chi connectivity index (χ3v) is 5.65. The molecule has 0 radical (unpaired) electrons. The molecule has 2 rings (SSSR count). The Labute approximate surface area is 174 Å². The van der Waals surface area contributed by atoms with Gasteiger partial charge in [0.1, 0.15) is 0 Å². The number of carbonyl (C=O) groups is 1. The smallest absolute Gasteiger partial charge is 0.290 e. The standard InChI is InChI=1S/C23H35FN4O/c1-7-10-16(3)15-25-19-11-9-12-23(6,14-19)28(8-2)22(29)21-26-18(5)20(27-21)13-17(4)24/h7,10,13,19,25H,3,8-9,11-12,14-15H2,1-2,4-6H3,(H,26,27)/b10-7-,17-13+. The molecule has 0 spiro atoms. The Kier molecular flexibility index (Phi) is 7.96. The normalized spacial score (nSPS) is 22.8. The number of hydrogen-bond acceptors (Lipinski definition) is 3. The summed E-state index contributed by atoms with van der Waals surface area (Å²) in [5, 5.41) is 3.59. The maximum Gasteiger partial charge on any atom is 0.290 e. The molecule has 0 aliphatic heterocycles. The van der Waals surface area contributed by atoms with Crippen LogP contribution in [0.15, 0.2) is 30.1 Å². The third-order valence-electron chi connectivity index (χ3n) is 5.65. The van der Waals surface area contributed by atoms with Gasteiger partial charge in [-0.15, -0.1) is 0 Å². The first-order valence-electron chi connectivity index (χ1n) is 10.5.